The number of rotatable bonds is 3. The lowest BCUT2D eigenvalue weighted by atomic mass is 9.89. The van der Waals surface area contributed by atoms with Crippen LogP contribution in [0.25, 0.3) is 5.69 Å². The molecule has 0 amide bonds. The van der Waals surface area contributed by atoms with E-state index in [4.69, 9.17) is 10.5 Å². The molecule has 0 aliphatic heterocycles. The van der Waals surface area contributed by atoms with Crippen LogP contribution in [0.1, 0.15) is 32.0 Å². The molecule has 0 bridgehead atoms. The molecule has 5 nitrogen and oxygen atoms in total. The van der Waals surface area contributed by atoms with Crippen LogP contribution in [0.4, 0.5) is 0 Å². The second kappa shape index (κ2) is 5.17. The van der Waals surface area contributed by atoms with Crippen molar-refractivity contribution < 1.29 is 9.84 Å². The Morgan fingerprint density at radius 2 is 1.85 bits per heavy atom. The minimum absolute atomic E-state index is 0.121. The van der Waals surface area contributed by atoms with E-state index in [0.717, 1.165) is 16.9 Å². The first-order valence-electron chi connectivity index (χ1n) is 6.54. The molecule has 3 N–H and O–H groups in total. The SMILES string of the molecule is COc1c(CN)c(C(C)(C)C)nn1-c1ccc(O)cc1. The third-order valence-electron chi connectivity index (χ3n) is 3.14. The van der Waals surface area contributed by atoms with Crippen LogP contribution >= 0.6 is 0 Å². The summed E-state index contributed by atoms with van der Waals surface area (Å²) in [6.07, 6.45) is 0. The molecule has 0 atom stereocenters. The van der Waals surface area contributed by atoms with E-state index in [9.17, 15) is 5.11 Å². The first-order valence-corrected chi connectivity index (χ1v) is 6.54. The standard InChI is InChI=1S/C15H21N3O2/c1-15(2,3)13-12(9-16)14(20-4)18(17-13)10-5-7-11(19)8-6-10/h5-8,19H,9,16H2,1-4H3. The fourth-order valence-electron chi connectivity index (χ4n) is 2.20. The maximum Gasteiger partial charge on any atom is 0.221 e. The Bertz CT molecular complexity index is 595. The number of benzene rings is 1. The summed E-state index contributed by atoms with van der Waals surface area (Å²) >= 11 is 0. The van der Waals surface area contributed by atoms with Crippen molar-refractivity contribution in [3.63, 3.8) is 0 Å². The van der Waals surface area contributed by atoms with Crippen LogP contribution in [-0.2, 0) is 12.0 Å². The zero-order valence-corrected chi connectivity index (χ0v) is 12.3. The first kappa shape index (κ1) is 14.4. The molecular formula is C15H21N3O2. The summed E-state index contributed by atoms with van der Waals surface area (Å²) in [4.78, 5) is 0. The van der Waals surface area contributed by atoms with Crippen LogP contribution in [0.3, 0.4) is 0 Å². The van der Waals surface area contributed by atoms with Gasteiger partial charge in [-0.3, -0.25) is 0 Å². The van der Waals surface area contributed by atoms with Crippen molar-refractivity contribution >= 4 is 0 Å². The average Bonchev–Trinajstić information content (AvgIpc) is 2.77. The Morgan fingerprint density at radius 1 is 1.25 bits per heavy atom. The fraction of sp³-hybridized carbons (Fsp3) is 0.400. The number of nitrogens with two attached hydrogens (primary N) is 1. The summed E-state index contributed by atoms with van der Waals surface area (Å²) in [5.74, 6) is 0.859. The van der Waals surface area contributed by atoms with E-state index in [-0.39, 0.29) is 11.2 Å². The molecule has 0 aliphatic carbocycles. The van der Waals surface area contributed by atoms with Crippen LogP contribution < -0.4 is 10.5 Å². The second-order valence-corrected chi connectivity index (χ2v) is 5.72. The lowest BCUT2D eigenvalue weighted by Gasteiger charge is -2.16. The van der Waals surface area contributed by atoms with Gasteiger partial charge in [0.2, 0.25) is 5.88 Å². The van der Waals surface area contributed by atoms with Crippen molar-refractivity contribution in [3.8, 4) is 17.3 Å². The lowest BCUT2D eigenvalue weighted by molar-refractivity contribution is 0.379. The summed E-state index contributed by atoms with van der Waals surface area (Å²) < 4.78 is 7.21. The first-order chi connectivity index (χ1) is 9.38. The van der Waals surface area contributed by atoms with E-state index in [1.54, 1.807) is 36.1 Å². The largest absolute Gasteiger partial charge is 0.508 e. The Kier molecular flexibility index (Phi) is 3.72. The summed E-state index contributed by atoms with van der Waals surface area (Å²) in [6.45, 7) is 6.65. The van der Waals surface area contributed by atoms with E-state index in [2.05, 4.69) is 25.9 Å². The Hall–Kier alpha value is -2.01. The number of hydrogen-bond donors (Lipinski definition) is 2. The monoisotopic (exact) mass is 275 g/mol. The highest BCUT2D eigenvalue weighted by Gasteiger charge is 2.27. The van der Waals surface area contributed by atoms with Crippen molar-refractivity contribution in [1.82, 2.24) is 9.78 Å². The molecule has 2 rings (SSSR count). The highest BCUT2D eigenvalue weighted by Crippen LogP contribution is 2.33. The van der Waals surface area contributed by atoms with Gasteiger partial charge in [0.1, 0.15) is 5.75 Å². The Labute approximate surface area is 119 Å². The van der Waals surface area contributed by atoms with Crippen LogP contribution in [0, 0.1) is 0 Å². The van der Waals surface area contributed by atoms with Gasteiger partial charge >= 0.3 is 0 Å². The number of phenols is 1. The minimum atomic E-state index is -0.121. The summed E-state index contributed by atoms with van der Waals surface area (Å²) in [5, 5.41) is 14.0. The van der Waals surface area contributed by atoms with Gasteiger partial charge in [-0.05, 0) is 24.3 Å². The highest BCUT2D eigenvalue weighted by molar-refractivity contribution is 5.44. The molecule has 0 aliphatic rings. The quantitative estimate of drug-likeness (QED) is 0.901. The Morgan fingerprint density at radius 3 is 2.30 bits per heavy atom. The number of hydrogen-bond acceptors (Lipinski definition) is 4. The lowest BCUT2D eigenvalue weighted by Crippen LogP contribution is -2.16. The molecule has 0 saturated heterocycles. The number of ether oxygens (including phenoxy) is 1. The highest BCUT2D eigenvalue weighted by atomic mass is 16.5. The van der Waals surface area contributed by atoms with Crippen molar-refractivity contribution in [3.05, 3.63) is 35.5 Å². The van der Waals surface area contributed by atoms with Gasteiger partial charge in [-0.25, -0.2) is 4.68 Å². The van der Waals surface area contributed by atoms with Crippen LogP contribution in [0.15, 0.2) is 24.3 Å². The molecule has 1 aromatic heterocycles. The van der Waals surface area contributed by atoms with E-state index in [1.165, 1.54) is 0 Å². The number of nitrogens with zero attached hydrogens (tertiary/aromatic N) is 2. The minimum Gasteiger partial charge on any atom is -0.508 e. The van der Waals surface area contributed by atoms with Crippen molar-refractivity contribution in [2.75, 3.05) is 7.11 Å². The smallest absolute Gasteiger partial charge is 0.221 e. The molecule has 1 aromatic carbocycles. The second-order valence-electron chi connectivity index (χ2n) is 5.72. The van der Waals surface area contributed by atoms with E-state index < -0.39 is 0 Å². The van der Waals surface area contributed by atoms with Gasteiger partial charge in [0.05, 0.1) is 24.1 Å². The van der Waals surface area contributed by atoms with E-state index >= 15 is 0 Å². The number of phenolic OH excluding ortho intramolecular Hbond substituents is 1. The average molecular weight is 275 g/mol. The van der Waals surface area contributed by atoms with Gasteiger partial charge < -0.3 is 15.6 Å². The molecule has 108 valence electrons. The molecule has 0 radical (unpaired) electrons. The van der Waals surface area contributed by atoms with E-state index in [1.807, 2.05) is 0 Å². The predicted octanol–water partition coefficient (Wildman–Crippen LogP) is 2.34. The summed E-state index contributed by atoms with van der Waals surface area (Å²) in [5.41, 5.74) is 8.40. The van der Waals surface area contributed by atoms with E-state index in [0.29, 0.717) is 12.4 Å². The van der Waals surface area contributed by atoms with Gasteiger partial charge in [-0.15, -0.1) is 0 Å². The zero-order chi connectivity index (χ0) is 14.9. The number of methoxy groups -OCH3 is 1. The maximum absolute atomic E-state index is 9.38. The van der Waals surface area contributed by atoms with Gasteiger partial charge in [0, 0.05) is 12.0 Å². The fourth-order valence-corrected chi connectivity index (χ4v) is 2.20. The van der Waals surface area contributed by atoms with Crippen LogP contribution in [0.2, 0.25) is 0 Å². The summed E-state index contributed by atoms with van der Waals surface area (Å²) in [7, 11) is 1.61. The van der Waals surface area contributed by atoms with Gasteiger partial charge in [0.25, 0.3) is 0 Å². The van der Waals surface area contributed by atoms with Crippen LogP contribution in [-0.4, -0.2) is 22.0 Å². The third kappa shape index (κ3) is 2.49. The summed E-state index contributed by atoms with van der Waals surface area (Å²) in [6, 6.07) is 6.82. The maximum atomic E-state index is 9.38. The molecule has 0 spiro atoms. The van der Waals surface area contributed by atoms with Crippen LogP contribution in [0.5, 0.6) is 11.6 Å². The van der Waals surface area contributed by atoms with Gasteiger partial charge in [-0.1, -0.05) is 20.8 Å². The van der Waals surface area contributed by atoms with Crippen molar-refractivity contribution in [2.24, 2.45) is 5.73 Å². The molecule has 1 heterocycles. The third-order valence-corrected chi connectivity index (χ3v) is 3.14. The van der Waals surface area contributed by atoms with Crippen molar-refractivity contribution in [2.45, 2.75) is 32.7 Å². The molecule has 0 saturated carbocycles. The topological polar surface area (TPSA) is 73.3 Å². The number of aromatic nitrogens is 2. The molecule has 2 aromatic rings. The number of aromatic hydroxyl groups is 1. The molecule has 0 unspecified atom stereocenters. The normalized spacial score (nSPS) is 11.7. The molecular weight excluding hydrogens is 254 g/mol. The van der Waals surface area contributed by atoms with Crippen molar-refractivity contribution in [1.29, 1.82) is 0 Å². The molecule has 20 heavy (non-hydrogen) atoms. The van der Waals surface area contributed by atoms with Gasteiger partial charge in [-0.2, -0.15) is 5.10 Å². The zero-order valence-electron chi connectivity index (χ0n) is 12.3. The molecule has 0 fully saturated rings. The molecule has 5 heteroatoms. The predicted molar refractivity (Wildman–Crippen MR) is 78.4 cm³/mol. The Balaban J connectivity index is 2.64. The van der Waals surface area contributed by atoms with Gasteiger partial charge in [0.15, 0.2) is 0 Å².